The van der Waals surface area contributed by atoms with Crippen molar-refractivity contribution in [1.82, 2.24) is 14.9 Å². The largest absolute Gasteiger partial charge is 0.493 e. The van der Waals surface area contributed by atoms with Gasteiger partial charge in [-0.2, -0.15) is 0 Å². The minimum absolute atomic E-state index is 0.143. The van der Waals surface area contributed by atoms with E-state index in [2.05, 4.69) is 27.2 Å². The second-order valence-electron chi connectivity index (χ2n) is 8.98. The summed E-state index contributed by atoms with van der Waals surface area (Å²) in [7, 11) is 3.80. The summed E-state index contributed by atoms with van der Waals surface area (Å²) in [5, 5.41) is 3.66. The lowest BCUT2D eigenvalue weighted by Gasteiger charge is -2.17. The quantitative estimate of drug-likeness (QED) is 0.441. The standard InChI is InChI=1S/C24H25Cl2FN4O2/c1-31-9-14-5-13(6-15(14)10-31)11-33-21-8-19-16(7-20(21)32-2)24(29-12-28-19)30-18-4-3-17(25)22(26)23(18)27/h3-4,7-8,12-15H,5-6,9-11H2,1-2H3,(H,28,29,30). The zero-order valence-electron chi connectivity index (χ0n) is 18.4. The molecule has 0 radical (unpaired) electrons. The molecule has 6 nitrogen and oxygen atoms in total. The molecule has 1 aliphatic heterocycles. The maximum Gasteiger partial charge on any atom is 0.166 e. The fourth-order valence-corrected chi connectivity index (χ4v) is 5.50. The zero-order chi connectivity index (χ0) is 23.1. The Balaban J connectivity index is 1.37. The number of hydrogen-bond acceptors (Lipinski definition) is 6. The van der Waals surface area contributed by atoms with Gasteiger partial charge in [0, 0.05) is 24.5 Å². The molecule has 2 unspecified atom stereocenters. The van der Waals surface area contributed by atoms with Gasteiger partial charge >= 0.3 is 0 Å². The van der Waals surface area contributed by atoms with Crippen LogP contribution in [0.1, 0.15) is 12.8 Å². The lowest BCUT2D eigenvalue weighted by molar-refractivity contribution is 0.227. The molecular formula is C24H25Cl2FN4O2. The van der Waals surface area contributed by atoms with E-state index >= 15 is 0 Å². The maximum atomic E-state index is 14.5. The first-order chi connectivity index (χ1) is 15.9. The number of nitrogens with zero attached hydrogens (tertiary/aromatic N) is 3. The monoisotopic (exact) mass is 490 g/mol. The van der Waals surface area contributed by atoms with Crippen LogP contribution in [-0.2, 0) is 0 Å². The van der Waals surface area contributed by atoms with Crippen molar-refractivity contribution in [3.63, 3.8) is 0 Å². The lowest BCUT2D eigenvalue weighted by Crippen LogP contribution is -2.18. The van der Waals surface area contributed by atoms with Gasteiger partial charge in [-0.1, -0.05) is 23.2 Å². The Morgan fingerprint density at radius 2 is 1.88 bits per heavy atom. The summed E-state index contributed by atoms with van der Waals surface area (Å²) in [4.78, 5) is 11.1. The lowest BCUT2D eigenvalue weighted by atomic mass is 10.0. The van der Waals surface area contributed by atoms with Gasteiger partial charge in [0.15, 0.2) is 17.3 Å². The van der Waals surface area contributed by atoms with Crippen molar-refractivity contribution in [2.24, 2.45) is 17.8 Å². The number of aromatic nitrogens is 2. The predicted octanol–water partition coefficient (Wildman–Crippen LogP) is 5.79. The van der Waals surface area contributed by atoms with E-state index < -0.39 is 5.82 Å². The molecule has 0 amide bonds. The SMILES string of the molecule is COc1cc2c(Nc3ccc(Cl)c(Cl)c3F)ncnc2cc1OCC1CC2CN(C)CC2C1. The van der Waals surface area contributed by atoms with E-state index in [0.29, 0.717) is 40.7 Å². The zero-order valence-corrected chi connectivity index (χ0v) is 20.0. The van der Waals surface area contributed by atoms with Crippen molar-refractivity contribution < 1.29 is 13.9 Å². The van der Waals surface area contributed by atoms with Gasteiger partial charge in [-0.25, -0.2) is 14.4 Å². The smallest absolute Gasteiger partial charge is 0.166 e. The Labute approximate surface area is 202 Å². The Morgan fingerprint density at radius 3 is 2.61 bits per heavy atom. The molecule has 1 N–H and O–H groups in total. The fraction of sp³-hybridized carbons (Fsp3) is 0.417. The molecule has 0 spiro atoms. The number of likely N-dealkylation sites (tertiary alicyclic amines) is 1. The van der Waals surface area contributed by atoms with Crippen LogP contribution in [0.3, 0.4) is 0 Å². The number of halogens is 3. The summed E-state index contributed by atoms with van der Waals surface area (Å²) in [5.41, 5.74) is 0.829. The molecule has 2 aromatic carbocycles. The molecule has 2 atom stereocenters. The molecule has 174 valence electrons. The molecule has 1 aliphatic carbocycles. The second-order valence-corrected chi connectivity index (χ2v) is 9.77. The maximum absolute atomic E-state index is 14.5. The number of hydrogen-bond donors (Lipinski definition) is 1. The number of rotatable bonds is 6. The highest BCUT2D eigenvalue weighted by molar-refractivity contribution is 6.42. The Bertz CT molecular complexity index is 1180. The van der Waals surface area contributed by atoms with E-state index in [4.69, 9.17) is 32.7 Å². The van der Waals surface area contributed by atoms with E-state index in [0.717, 1.165) is 11.8 Å². The third-order valence-corrected chi connectivity index (χ3v) is 7.50. The third-order valence-electron chi connectivity index (χ3n) is 6.71. The second kappa shape index (κ2) is 9.12. The molecule has 1 aromatic heterocycles. The Hall–Kier alpha value is -2.35. The molecule has 2 aliphatic rings. The van der Waals surface area contributed by atoms with Gasteiger partial charge in [-0.3, -0.25) is 0 Å². The van der Waals surface area contributed by atoms with Gasteiger partial charge in [0.05, 0.1) is 35.0 Å². The summed E-state index contributed by atoms with van der Waals surface area (Å²) >= 11 is 11.8. The highest BCUT2D eigenvalue weighted by Gasteiger charge is 2.39. The molecule has 2 fully saturated rings. The number of fused-ring (bicyclic) bond motifs is 2. The van der Waals surface area contributed by atoms with Crippen LogP contribution >= 0.6 is 23.2 Å². The van der Waals surface area contributed by atoms with Gasteiger partial charge in [-0.15, -0.1) is 0 Å². The average molecular weight is 491 g/mol. The van der Waals surface area contributed by atoms with Crippen molar-refractivity contribution in [1.29, 1.82) is 0 Å². The highest BCUT2D eigenvalue weighted by Crippen LogP contribution is 2.42. The van der Waals surface area contributed by atoms with Crippen molar-refractivity contribution >= 4 is 45.6 Å². The van der Waals surface area contributed by atoms with Gasteiger partial charge in [0.1, 0.15) is 12.1 Å². The molecular weight excluding hydrogens is 466 g/mol. The van der Waals surface area contributed by atoms with Crippen LogP contribution in [0.2, 0.25) is 10.0 Å². The van der Waals surface area contributed by atoms with Crippen molar-refractivity contribution in [2.45, 2.75) is 12.8 Å². The van der Waals surface area contributed by atoms with Gasteiger partial charge in [-0.05, 0) is 55.8 Å². The van der Waals surface area contributed by atoms with Crippen molar-refractivity contribution in [3.8, 4) is 11.5 Å². The topological polar surface area (TPSA) is 59.5 Å². The molecule has 1 saturated carbocycles. The summed E-state index contributed by atoms with van der Waals surface area (Å²) in [6.07, 6.45) is 3.83. The molecule has 9 heteroatoms. The van der Waals surface area contributed by atoms with Crippen LogP contribution in [0.15, 0.2) is 30.6 Å². The van der Waals surface area contributed by atoms with Crippen LogP contribution in [-0.4, -0.2) is 48.7 Å². The van der Waals surface area contributed by atoms with Crippen LogP contribution in [0, 0.1) is 23.6 Å². The summed E-state index contributed by atoms with van der Waals surface area (Å²) < 4.78 is 26.3. The van der Waals surface area contributed by atoms with E-state index in [-0.39, 0.29) is 15.7 Å². The van der Waals surface area contributed by atoms with Crippen molar-refractivity contribution in [2.75, 3.05) is 39.2 Å². The van der Waals surface area contributed by atoms with E-state index in [9.17, 15) is 4.39 Å². The van der Waals surface area contributed by atoms with E-state index in [1.54, 1.807) is 13.2 Å². The molecule has 0 bridgehead atoms. The Morgan fingerprint density at radius 1 is 1.12 bits per heavy atom. The van der Waals surface area contributed by atoms with E-state index in [1.807, 2.05) is 6.07 Å². The molecule has 1 saturated heterocycles. The average Bonchev–Trinajstić information content (AvgIpc) is 3.34. The van der Waals surface area contributed by atoms with Crippen LogP contribution < -0.4 is 14.8 Å². The number of methoxy groups -OCH3 is 1. The summed E-state index contributed by atoms with van der Waals surface area (Å²) in [6, 6.07) is 6.69. The molecule has 2 heterocycles. The van der Waals surface area contributed by atoms with Crippen LogP contribution in [0.4, 0.5) is 15.9 Å². The Kier molecular flexibility index (Phi) is 6.20. The van der Waals surface area contributed by atoms with Crippen LogP contribution in [0.25, 0.3) is 10.9 Å². The third kappa shape index (κ3) is 4.42. The number of benzene rings is 2. The number of nitrogens with one attached hydrogen (secondary N) is 1. The first-order valence-electron chi connectivity index (χ1n) is 11.0. The van der Waals surface area contributed by atoms with Crippen molar-refractivity contribution in [3.05, 3.63) is 46.5 Å². The van der Waals surface area contributed by atoms with Gasteiger partial charge in [0.2, 0.25) is 0 Å². The number of ether oxygens (including phenoxy) is 2. The summed E-state index contributed by atoms with van der Waals surface area (Å²) in [5.74, 6) is 3.12. The minimum Gasteiger partial charge on any atom is -0.493 e. The van der Waals surface area contributed by atoms with Crippen LogP contribution in [0.5, 0.6) is 11.5 Å². The highest BCUT2D eigenvalue weighted by atomic mass is 35.5. The molecule has 5 rings (SSSR count). The van der Waals surface area contributed by atoms with Gasteiger partial charge in [0.25, 0.3) is 0 Å². The first kappa shape index (κ1) is 22.4. The van der Waals surface area contributed by atoms with Gasteiger partial charge < -0.3 is 19.7 Å². The fourth-order valence-electron chi connectivity index (χ4n) is 5.19. The first-order valence-corrected chi connectivity index (χ1v) is 11.7. The minimum atomic E-state index is -0.643. The normalized spacial score (nSPS) is 22.5. The molecule has 3 aromatic rings. The summed E-state index contributed by atoms with van der Waals surface area (Å²) in [6.45, 7) is 3.03. The molecule has 33 heavy (non-hydrogen) atoms. The van der Waals surface area contributed by atoms with E-state index in [1.165, 1.54) is 44.4 Å². The number of anilines is 2. The predicted molar refractivity (Wildman–Crippen MR) is 128 cm³/mol.